The van der Waals surface area contributed by atoms with Gasteiger partial charge in [-0.15, -0.1) is 0 Å². The van der Waals surface area contributed by atoms with E-state index >= 15 is 0 Å². The zero-order valence-corrected chi connectivity index (χ0v) is 12.0. The molecule has 2 heterocycles. The van der Waals surface area contributed by atoms with Crippen LogP contribution in [0.1, 0.15) is 30.6 Å². The topological polar surface area (TPSA) is 53.8 Å². The standard InChI is InChI=1S/C15H20N2O3/c1-3-4-12(2)14(18)16-6-8-17(9-7-16)15(19)13-5-10-20-11-13/h4-5,10-11H,3,6-9H2,1-2H3/b12-4+. The molecule has 108 valence electrons. The number of piperazine rings is 1. The van der Waals surface area contributed by atoms with Gasteiger partial charge in [-0.25, -0.2) is 0 Å². The fourth-order valence-corrected chi connectivity index (χ4v) is 2.32. The summed E-state index contributed by atoms with van der Waals surface area (Å²) in [5.74, 6) is 0.0360. The van der Waals surface area contributed by atoms with Crippen LogP contribution in [0.3, 0.4) is 0 Å². The lowest BCUT2D eigenvalue weighted by molar-refractivity contribution is -0.128. The number of nitrogens with zero attached hydrogens (tertiary/aromatic N) is 2. The Morgan fingerprint density at radius 2 is 1.90 bits per heavy atom. The van der Waals surface area contributed by atoms with Crippen molar-refractivity contribution in [2.24, 2.45) is 0 Å². The van der Waals surface area contributed by atoms with Gasteiger partial charge in [-0.3, -0.25) is 9.59 Å². The Kier molecular flexibility index (Phi) is 4.61. The van der Waals surface area contributed by atoms with Crippen molar-refractivity contribution in [3.8, 4) is 0 Å². The van der Waals surface area contributed by atoms with Gasteiger partial charge in [0.2, 0.25) is 5.91 Å². The number of furan rings is 1. The molecule has 5 nitrogen and oxygen atoms in total. The zero-order chi connectivity index (χ0) is 14.5. The summed E-state index contributed by atoms with van der Waals surface area (Å²) in [6.07, 6.45) is 5.74. The summed E-state index contributed by atoms with van der Waals surface area (Å²) in [5.41, 5.74) is 1.34. The molecule has 1 fully saturated rings. The Morgan fingerprint density at radius 1 is 1.25 bits per heavy atom. The first-order valence-corrected chi connectivity index (χ1v) is 6.91. The van der Waals surface area contributed by atoms with Crippen molar-refractivity contribution >= 4 is 11.8 Å². The van der Waals surface area contributed by atoms with Crippen LogP contribution >= 0.6 is 0 Å². The molecule has 0 spiro atoms. The maximum absolute atomic E-state index is 12.1. The largest absolute Gasteiger partial charge is 0.472 e. The van der Waals surface area contributed by atoms with Crippen LogP contribution in [-0.2, 0) is 4.79 Å². The monoisotopic (exact) mass is 276 g/mol. The van der Waals surface area contributed by atoms with Crippen molar-refractivity contribution < 1.29 is 14.0 Å². The molecule has 2 rings (SSSR count). The summed E-state index contributed by atoms with van der Waals surface area (Å²) in [4.78, 5) is 27.8. The predicted octanol–water partition coefficient (Wildman–Crippen LogP) is 1.92. The van der Waals surface area contributed by atoms with E-state index < -0.39 is 0 Å². The molecule has 0 aromatic carbocycles. The summed E-state index contributed by atoms with van der Waals surface area (Å²) < 4.78 is 4.92. The average molecular weight is 276 g/mol. The second-order valence-corrected chi connectivity index (χ2v) is 4.89. The molecule has 0 bridgehead atoms. The zero-order valence-electron chi connectivity index (χ0n) is 12.0. The lowest BCUT2D eigenvalue weighted by Crippen LogP contribution is -2.50. The Hall–Kier alpha value is -2.04. The van der Waals surface area contributed by atoms with Crippen LogP contribution in [-0.4, -0.2) is 47.8 Å². The number of amides is 2. The second-order valence-electron chi connectivity index (χ2n) is 4.89. The van der Waals surface area contributed by atoms with Crippen molar-refractivity contribution in [2.45, 2.75) is 20.3 Å². The summed E-state index contributed by atoms with van der Waals surface area (Å²) >= 11 is 0. The highest BCUT2D eigenvalue weighted by atomic mass is 16.3. The number of rotatable bonds is 3. The Labute approximate surface area is 118 Å². The van der Waals surface area contributed by atoms with E-state index in [4.69, 9.17) is 4.42 Å². The van der Waals surface area contributed by atoms with Crippen LogP contribution in [0.4, 0.5) is 0 Å². The van der Waals surface area contributed by atoms with Crippen LogP contribution in [0.25, 0.3) is 0 Å². The number of hydrogen-bond donors (Lipinski definition) is 0. The van der Waals surface area contributed by atoms with Crippen molar-refractivity contribution in [1.29, 1.82) is 0 Å². The summed E-state index contributed by atoms with van der Waals surface area (Å²) in [6.45, 7) is 6.14. The molecule has 0 radical (unpaired) electrons. The third-order valence-corrected chi connectivity index (χ3v) is 3.47. The van der Waals surface area contributed by atoms with Crippen LogP contribution in [0.5, 0.6) is 0 Å². The van der Waals surface area contributed by atoms with Crippen molar-refractivity contribution in [3.05, 3.63) is 35.8 Å². The lowest BCUT2D eigenvalue weighted by atomic mass is 10.2. The molecule has 0 saturated carbocycles. The third kappa shape index (κ3) is 3.10. The fraction of sp³-hybridized carbons (Fsp3) is 0.467. The van der Waals surface area contributed by atoms with E-state index in [0.717, 1.165) is 12.0 Å². The van der Waals surface area contributed by atoms with Gasteiger partial charge in [-0.1, -0.05) is 13.0 Å². The number of carbonyl (C=O) groups is 2. The second kappa shape index (κ2) is 6.41. The first-order chi connectivity index (χ1) is 9.63. The maximum atomic E-state index is 12.1. The van der Waals surface area contributed by atoms with E-state index in [2.05, 4.69) is 0 Å². The molecule has 1 saturated heterocycles. The van der Waals surface area contributed by atoms with E-state index in [0.29, 0.717) is 31.7 Å². The van der Waals surface area contributed by atoms with E-state index in [-0.39, 0.29) is 11.8 Å². The van der Waals surface area contributed by atoms with Gasteiger partial charge < -0.3 is 14.2 Å². The van der Waals surface area contributed by atoms with Crippen LogP contribution in [0.15, 0.2) is 34.7 Å². The fourth-order valence-electron chi connectivity index (χ4n) is 2.32. The molecule has 0 N–H and O–H groups in total. The molecular formula is C15H20N2O3. The van der Waals surface area contributed by atoms with Crippen LogP contribution in [0, 0.1) is 0 Å². The van der Waals surface area contributed by atoms with E-state index in [1.807, 2.05) is 19.9 Å². The minimum atomic E-state index is -0.0355. The van der Waals surface area contributed by atoms with E-state index in [1.54, 1.807) is 15.9 Å². The minimum absolute atomic E-state index is 0.0355. The lowest BCUT2D eigenvalue weighted by Gasteiger charge is -2.34. The number of carbonyl (C=O) groups excluding carboxylic acids is 2. The average Bonchev–Trinajstić information content (AvgIpc) is 3.00. The predicted molar refractivity (Wildman–Crippen MR) is 75.2 cm³/mol. The summed E-state index contributed by atoms with van der Waals surface area (Å²) in [6, 6.07) is 1.66. The molecule has 1 aromatic rings. The summed E-state index contributed by atoms with van der Waals surface area (Å²) in [5, 5.41) is 0. The molecule has 0 atom stereocenters. The van der Waals surface area contributed by atoms with Crippen molar-refractivity contribution in [3.63, 3.8) is 0 Å². The highest BCUT2D eigenvalue weighted by molar-refractivity contribution is 5.95. The highest BCUT2D eigenvalue weighted by Gasteiger charge is 2.25. The molecule has 1 aromatic heterocycles. The molecular weight excluding hydrogens is 256 g/mol. The van der Waals surface area contributed by atoms with Gasteiger partial charge in [0.1, 0.15) is 6.26 Å². The van der Waals surface area contributed by atoms with Gasteiger partial charge in [-0.2, -0.15) is 0 Å². The molecule has 0 unspecified atom stereocenters. The molecule has 1 aliphatic rings. The van der Waals surface area contributed by atoms with E-state index in [1.165, 1.54) is 12.5 Å². The Bertz CT molecular complexity index is 497. The maximum Gasteiger partial charge on any atom is 0.257 e. The summed E-state index contributed by atoms with van der Waals surface area (Å²) in [7, 11) is 0. The first kappa shape index (κ1) is 14.4. The molecule has 20 heavy (non-hydrogen) atoms. The Balaban J connectivity index is 1.91. The van der Waals surface area contributed by atoms with Gasteiger partial charge in [0, 0.05) is 31.8 Å². The molecule has 0 aliphatic carbocycles. The number of allylic oxidation sites excluding steroid dienone is 1. The minimum Gasteiger partial charge on any atom is -0.472 e. The van der Waals surface area contributed by atoms with Gasteiger partial charge in [-0.05, 0) is 19.4 Å². The van der Waals surface area contributed by atoms with Crippen molar-refractivity contribution in [2.75, 3.05) is 26.2 Å². The third-order valence-electron chi connectivity index (χ3n) is 3.47. The van der Waals surface area contributed by atoms with Gasteiger partial charge in [0.05, 0.1) is 11.8 Å². The number of hydrogen-bond acceptors (Lipinski definition) is 3. The van der Waals surface area contributed by atoms with E-state index in [9.17, 15) is 9.59 Å². The molecule has 1 aliphatic heterocycles. The van der Waals surface area contributed by atoms with Gasteiger partial charge in [0.15, 0.2) is 0 Å². The molecule has 5 heteroatoms. The quantitative estimate of drug-likeness (QED) is 0.793. The Morgan fingerprint density at radius 3 is 2.45 bits per heavy atom. The van der Waals surface area contributed by atoms with Crippen molar-refractivity contribution in [1.82, 2.24) is 9.80 Å². The SMILES string of the molecule is CC/C=C(\C)C(=O)N1CCN(C(=O)c2ccoc2)CC1. The van der Waals surface area contributed by atoms with Crippen LogP contribution in [0.2, 0.25) is 0 Å². The smallest absolute Gasteiger partial charge is 0.257 e. The highest BCUT2D eigenvalue weighted by Crippen LogP contribution is 2.11. The normalized spacial score (nSPS) is 16.4. The van der Waals surface area contributed by atoms with Gasteiger partial charge >= 0.3 is 0 Å². The van der Waals surface area contributed by atoms with Crippen LogP contribution < -0.4 is 0 Å². The van der Waals surface area contributed by atoms with Gasteiger partial charge in [0.25, 0.3) is 5.91 Å². The first-order valence-electron chi connectivity index (χ1n) is 6.91. The molecule has 2 amide bonds.